The van der Waals surface area contributed by atoms with Crippen molar-refractivity contribution in [3.8, 4) is 0 Å². The van der Waals surface area contributed by atoms with E-state index in [4.69, 9.17) is 16.3 Å². The number of methoxy groups -OCH3 is 1. The van der Waals surface area contributed by atoms with Crippen LogP contribution in [0.2, 0.25) is 5.15 Å². The van der Waals surface area contributed by atoms with Crippen LogP contribution in [0.25, 0.3) is 5.65 Å². The fraction of sp³-hybridized carbons (Fsp3) is 0.286. The summed E-state index contributed by atoms with van der Waals surface area (Å²) in [5.74, 6) is 0.710. The molecule has 0 N–H and O–H groups in total. The zero-order valence-electron chi connectivity index (χ0n) is 6.94. The lowest BCUT2D eigenvalue weighted by atomic mass is 10.6. The second-order valence-electron chi connectivity index (χ2n) is 2.49. The van der Waals surface area contributed by atoms with E-state index in [1.165, 1.54) is 0 Å². The van der Waals surface area contributed by atoms with Crippen LogP contribution in [0.4, 0.5) is 0 Å². The predicted molar refractivity (Wildman–Crippen MR) is 46.5 cm³/mol. The minimum Gasteiger partial charge on any atom is -0.377 e. The molecule has 0 unspecified atom stereocenters. The lowest BCUT2D eigenvalue weighted by Crippen LogP contribution is -1.96. The maximum absolute atomic E-state index is 5.72. The molecule has 0 aliphatic rings. The number of nitrogens with zero attached hydrogens (tertiary/aromatic N) is 4. The van der Waals surface area contributed by atoms with Gasteiger partial charge in [-0.1, -0.05) is 11.6 Å². The summed E-state index contributed by atoms with van der Waals surface area (Å²) in [5.41, 5.74) is 0.663. The predicted octanol–water partition coefficient (Wildman–Crippen LogP) is 0.924. The van der Waals surface area contributed by atoms with Gasteiger partial charge in [0.05, 0.1) is 6.20 Å². The molecule has 13 heavy (non-hydrogen) atoms. The molecular weight excluding hydrogens is 192 g/mol. The van der Waals surface area contributed by atoms with Crippen LogP contribution in [-0.4, -0.2) is 26.7 Å². The lowest BCUT2D eigenvalue weighted by molar-refractivity contribution is 0.177. The number of hydrogen-bond acceptors (Lipinski definition) is 4. The molecule has 0 radical (unpaired) electrons. The van der Waals surface area contributed by atoms with Gasteiger partial charge in [-0.2, -0.15) is 0 Å². The standard InChI is InChI=1S/C7H7ClN4O/c1-13-4-7-11-10-6-2-9-5(8)3-12(6)7/h2-3H,4H2,1H3. The SMILES string of the molecule is COCc1nnc2cnc(Cl)cn12. The molecule has 2 aromatic rings. The van der Waals surface area contributed by atoms with E-state index in [1.807, 2.05) is 0 Å². The average Bonchev–Trinajstić information content (AvgIpc) is 2.49. The summed E-state index contributed by atoms with van der Waals surface area (Å²) in [6.45, 7) is 0.404. The number of ether oxygens (including phenoxy) is 1. The Morgan fingerprint density at radius 2 is 2.38 bits per heavy atom. The normalized spacial score (nSPS) is 10.9. The van der Waals surface area contributed by atoms with Crippen molar-refractivity contribution < 1.29 is 4.74 Å². The quantitative estimate of drug-likeness (QED) is 0.720. The first-order chi connectivity index (χ1) is 6.31. The van der Waals surface area contributed by atoms with Crippen LogP contribution in [0.1, 0.15) is 5.82 Å². The maximum Gasteiger partial charge on any atom is 0.179 e. The van der Waals surface area contributed by atoms with Gasteiger partial charge in [0.2, 0.25) is 0 Å². The van der Waals surface area contributed by atoms with Crippen molar-refractivity contribution in [3.63, 3.8) is 0 Å². The molecule has 0 aromatic carbocycles. The highest BCUT2D eigenvalue weighted by Crippen LogP contribution is 2.08. The number of fused-ring (bicyclic) bond motifs is 1. The second kappa shape index (κ2) is 3.27. The molecule has 68 valence electrons. The van der Waals surface area contributed by atoms with E-state index < -0.39 is 0 Å². The van der Waals surface area contributed by atoms with E-state index in [0.717, 1.165) is 0 Å². The van der Waals surface area contributed by atoms with Crippen molar-refractivity contribution in [2.24, 2.45) is 0 Å². The Labute approximate surface area is 79.3 Å². The molecule has 2 rings (SSSR count). The first-order valence-electron chi connectivity index (χ1n) is 3.65. The van der Waals surface area contributed by atoms with Gasteiger partial charge in [-0.15, -0.1) is 10.2 Å². The van der Waals surface area contributed by atoms with Crippen LogP contribution in [0.5, 0.6) is 0 Å². The molecule has 0 saturated heterocycles. The number of hydrogen-bond donors (Lipinski definition) is 0. The van der Waals surface area contributed by atoms with Crippen molar-refractivity contribution in [2.75, 3.05) is 7.11 Å². The lowest BCUT2D eigenvalue weighted by Gasteiger charge is -1.97. The fourth-order valence-electron chi connectivity index (χ4n) is 1.05. The molecule has 0 aliphatic carbocycles. The van der Waals surface area contributed by atoms with Gasteiger partial charge in [-0.05, 0) is 0 Å². The molecule has 2 heterocycles. The Morgan fingerprint density at radius 3 is 3.15 bits per heavy atom. The summed E-state index contributed by atoms with van der Waals surface area (Å²) in [6, 6.07) is 0. The van der Waals surface area contributed by atoms with Gasteiger partial charge in [0.25, 0.3) is 0 Å². The van der Waals surface area contributed by atoms with Gasteiger partial charge < -0.3 is 4.74 Å². The highest BCUT2D eigenvalue weighted by atomic mass is 35.5. The summed E-state index contributed by atoms with van der Waals surface area (Å²) in [7, 11) is 1.60. The van der Waals surface area contributed by atoms with Crippen molar-refractivity contribution in [2.45, 2.75) is 6.61 Å². The third-order valence-corrected chi connectivity index (χ3v) is 1.80. The molecule has 0 amide bonds. The minimum atomic E-state index is 0.404. The molecule has 5 nitrogen and oxygen atoms in total. The maximum atomic E-state index is 5.72. The minimum absolute atomic E-state index is 0.404. The molecule has 6 heteroatoms. The largest absolute Gasteiger partial charge is 0.377 e. The van der Waals surface area contributed by atoms with Crippen LogP contribution in [-0.2, 0) is 11.3 Å². The summed E-state index contributed by atoms with van der Waals surface area (Å²) < 4.78 is 6.70. The van der Waals surface area contributed by atoms with E-state index in [2.05, 4.69) is 15.2 Å². The van der Waals surface area contributed by atoms with Crippen molar-refractivity contribution >= 4 is 17.2 Å². The topological polar surface area (TPSA) is 52.3 Å². The van der Waals surface area contributed by atoms with Gasteiger partial charge in [0.15, 0.2) is 11.5 Å². The van der Waals surface area contributed by atoms with Crippen LogP contribution in [0, 0.1) is 0 Å². The average molecular weight is 199 g/mol. The van der Waals surface area contributed by atoms with Crippen molar-refractivity contribution in [1.29, 1.82) is 0 Å². The highest BCUT2D eigenvalue weighted by molar-refractivity contribution is 6.29. The molecule has 0 spiro atoms. The monoisotopic (exact) mass is 198 g/mol. The van der Waals surface area contributed by atoms with Crippen LogP contribution in [0.3, 0.4) is 0 Å². The Kier molecular flexibility index (Phi) is 2.12. The molecular formula is C7H7ClN4O. The first-order valence-corrected chi connectivity index (χ1v) is 4.03. The summed E-state index contributed by atoms with van der Waals surface area (Å²) in [4.78, 5) is 3.88. The van der Waals surface area contributed by atoms with Gasteiger partial charge in [0.1, 0.15) is 11.8 Å². The van der Waals surface area contributed by atoms with E-state index >= 15 is 0 Å². The van der Waals surface area contributed by atoms with Gasteiger partial charge in [0, 0.05) is 13.3 Å². The van der Waals surface area contributed by atoms with Crippen molar-refractivity contribution in [1.82, 2.24) is 19.6 Å². The zero-order chi connectivity index (χ0) is 9.26. The van der Waals surface area contributed by atoms with Gasteiger partial charge in [-0.25, -0.2) is 4.98 Å². The summed E-state index contributed by atoms with van der Waals surface area (Å²) in [5, 5.41) is 8.21. The van der Waals surface area contributed by atoms with Gasteiger partial charge >= 0.3 is 0 Å². The number of aromatic nitrogens is 4. The summed E-state index contributed by atoms with van der Waals surface area (Å²) >= 11 is 5.72. The second-order valence-corrected chi connectivity index (χ2v) is 2.87. The molecule has 0 fully saturated rings. The molecule has 0 aliphatic heterocycles. The van der Waals surface area contributed by atoms with Gasteiger partial charge in [-0.3, -0.25) is 4.40 Å². The highest BCUT2D eigenvalue weighted by Gasteiger charge is 2.04. The van der Waals surface area contributed by atoms with E-state index in [9.17, 15) is 0 Å². The Hall–Kier alpha value is -1.20. The number of halogens is 1. The Morgan fingerprint density at radius 1 is 1.54 bits per heavy atom. The van der Waals surface area contributed by atoms with Crippen LogP contribution < -0.4 is 0 Å². The van der Waals surface area contributed by atoms with E-state index in [1.54, 1.807) is 23.9 Å². The summed E-state index contributed by atoms with van der Waals surface area (Å²) in [6.07, 6.45) is 3.22. The zero-order valence-corrected chi connectivity index (χ0v) is 7.69. The molecule has 0 saturated carbocycles. The van der Waals surface area contributed by atoms with E-state index in [0.29, 0.717) is 23.2 Å². The van der Waals surface area contributed by atoms with Crippen LogP contribution in [0.15, 0.2) is 12.4 Å². The third-order valence-electron chi connectivity index (χ3n) is 1.61. The first kappa shape index (κ1) is 8.40. The van der Waals surface area contributed by atoms with E-state index in [-0.39, 0.29) is 0 Å². The van der Waals surface area contributed by atoms with Crippen molar-refractivity contribution in [3.05, 3.63) is 23.4 Å². The Bertz CT molecular complexity index is 427. The third kappa shape index (κ3) is 1.48. The smallest absolute Gasteiger partial charge is 0.179 e. The van der Waals surface area contributed by atoms with Crippen LogP contribution >= 0.6 is 11.6 Å². The Balaban J connectivity index is 2.58. The molecule has 0 atom stereocenters. The number of rotatable bonds is 2. The fourth-order valence-corrected chi connectivity index (χ4v) is 1.20. The molecule has 0 bridgehead atoms. The molecule has 2 aromatic heterocycles.